The van der Waals surface area contributed by atoms with Gasteiger partial charge in [0, 0.05) is 19.1 Å². The van der Waals surface area contributed by atoms with Crippen molar-refractivity contribution in [2.75, 3.05) is 13.1 Å². The number of carbonyl (C=O) groups excluding carboxylic acids is 1. The van der Waals surface area contributed by atoms with E-state index < -0.39 is 5.95 Å². The largest absolute Gasteiger partial charge is 0.346 e. The zero-order valence-corrected chi connectivity index (χ0v) is 14.6. The second-order valence-corrected chi connectivity index (χ2v) is 7.12. The number of aromatic nitrogens is 2. The third-order valence-electron chi connectivity index (χ3n) is 5.81. The molecule has 2 aromatic heterocycles. The number of hydrogen-bond acceptors (Lipinski definition) is 3. The molecular weight excluding hydrogens is 319 g/mol. The van der Waals surface area contributed by atoms with Gasteiger partial charge in [0.25, 0.3) is 5.91 Å². The van der Waals surface area contributed by atoms with Crippen molar-refractivity contribution in [1.82, 2.24) is 19.8 Å². The number of nitrogens with zero attached hydrogens (tertiary/aromatic N) is 3. The third-order valence-corrected chi connectivity index (χ3v) is 5.81. The molecule has 3 saturated heterocycles. The third kappa shape index (κ3) is 2.84. The molecule has 0 saturated carbocycles. The first-order valence-electron chi connectivity index (χ1n) is 8.88. The Morgan fingerprint density at radius 3 is 2.68 bits per heavy atom. The molecule has 3 fully saturated rings. The van der Waals surface area contributed by atoms with Crippen molar-refractivity contribution in [2.45, 2.75) is 31.8 Å². The molecule has 1 N–H and O–H groups in total. The molecule has 3 aliphatic heterocycles. The number of carbonyl (C=O) groups is 1. The Balaban J connectivity index is 1.55. The van der Waals surface area contributed by atoms with Crippen LogP contribution >= 0.6 is 0 Å². The molecular formula is C19H23FN4O. The smallest absolute Gasteiger partial charge is 0.268 e. The first-order chi connectivity index (χ1) is 12.0. The Labute approximate surface area is 146 Å². The molecule has 0 radical (unpaired) electrons. The minimum Gasteiger partial charge on any atom is -0.346 e. The monoisotopic (exact) mass is 342 g/mol. The standard InChI is InChI=1S/C19H23FN4O/c1-12-18(13-8-10-24(12)11-9-13)22-19(25)16-7-6-15(23(16)2)14-4-3-5-17(20)21-14/h3-7,12-13,18H,8-11H2,1-2H3,(H,22,25)/t12-,18-/m0/s1. The lowest BCUT2D eigenvalue weighted by atomic mass is 9.79. The van der Waals surface area contributed by atoms with Gasteiger partial charge in [0.15, 0.2) is 0 Å². The predicted octanol–water partition coefficient (Wildman–Crippen LogP) is 2.44. The summed E-state index contributed by atoms with van der Waals surface area (Å²) in [4.78, 5) is 19.2. The van der Waals surface area contributed by atoms with Crippen LogP contribution in [0.15, 0.2) is 30.3 Å². The maximum absolute atomic E-state index is 13.4. The highest BCUT2D eigenvalue weighted by molar-refractivity contribution is 5.94. The van der Waals surface area contributed by atoms with E-state index in [9.17, 15) is 9.18 Å². The summed E-state index contributed by atoms with van der Waals surface area (Å²) >= 11 is 0. The molecule has 1 amide bonds. The fourth-order valence-electron chi connectivity index (χ4n) is 4.32. The average molecular weight is 342 g/mol. The van der Waals surface area contributed by atoms with Gasteiger partial charge in [0.2, 0.25) is 5.95 Å². The van der Waals surface area contributed by atoms with Crippen molar-refractivity contribution in [3.63, 3.8) is 0 Å². The lowest BCUT2D eigenvalue weighted by molar-refractivity contribution is 0.0215. The first kappa shape index (κ1) is 16.3. The summed E-state index contributed by atoms with van der Waals surface area (Å²) in [6.07, 6.45) is 2.31. The topological polar surface area (TPSA) is 50.2 Å². The predicted molar refractivity (Wildman–Crippen MR) is 93.6 cm³/mol. The second-order valence-electron chi connectivity index (χ2n) is 7.12. The molecule has 5 rings (SSSR count). The maximum Gasteiger partial charge on any atom is 0.268 e. The lowest BCUT2D eigenvalue weighted by Crippen LogP contribution is -2.62. The van der Waals surface area contributed by atoms with Crippen LogP contribution in [0.5, 0.6) is 0 Å². The molecule has 5 nitrogen and oxygen atoms in total. The van der Waals surface area contributed by atoms with Crippen LogP contribution in [0, 0.1) is 11.9 Å². The minimum atomic E-state index is -0.522. The Bertz CT molecular complexity index is 792. The van der Waals surface area contributed by atoms with E-state index in [4.69, 9.17) is 0 Å². The summed E-state index contributed by atoms with van der Waals surface area (Å²) in [7, 11) is 1.82. The number of hydrogen-bond donors (Lipinski definition) is 1. The number of pyridine rings is 1. The van der Waals surface area contributed by atoms with E-state index in [-0.39, 0.29) is 11.9 Å². The van der Waals surface area contributed by atoms with E-state index in [0.29, 0.717) is 23.3 Å². The average Bonchev–Trinajstić information content (AvgIpc) is 3.00. The molecule has 6 heteroatoms. The van der Waals surface area contributed by atoms with Crippen LogP contribution in [0.3, 0.4) is 0 Å². The molecule has 5 heterocycles. The maximum atomic E-state index is 13.4. The van der Waals surface area contributed by atoms with Gasteiger partial charge in [-0.25, -0.2) is 4.98 Å². The molecule has 25 heavy (non-hydrogen) atoms. The number of nitrogens with one attached hydrogen (secondary N) is 1. The molecule has 3 aliphatic rings. The highest BCUT2D eigenvalue weighted by Gasteiger charge is 2.40. The van der Waals surface area contributed by atoms with E-state index >= 15 is 0 Å². The molecule has 2 aromatic rings. The molecule has 2 atom stereocenters. The highest BCUT2D eigenvalue weighted by Crippen LogP contribution is 2.32. The van der Waals surface area contributed by atoms with Crippen LogP contribution in [-0.2, 0) is 7.05 Å². The van der Waals surface area contributed by atoms with Gasteiger partial charge < -0.3 is 9.88 Å². The molecule has 0 spiro atoms. The van der Waals surface area contributed by atoms with Gasteiger partial charge >= 0.3 is 0 Å². The second kappa shape index (κ2) is 6.26. The Hall–Kier alpha value is -2.21. The van der Waals surface area contributed by atoms with Gasteiger partial charge in [-0.15, -0.1) is 0 Å². The molecule has 0 unspecified atom stereocenters. The first-order valence-corrected chi connectivity index (χ1v) is 8.88. The number of rotatable bonds is 3. The van der Waals surface area contributed by atoms with Crippen LogP contribution in [-0.4, -0.2) is 45.5 Å². The van der Waals surface area contributed by atoms with E-state index in [1.165, 1.54) is 6.07 Å². The summed E-state index contributed by atoms with van der Waals surface area (Å²) in [6, 6.07) is 8.85. The summed E-state index contributed by atoms with van der Waals surface area (Å²) < 4.78 is 15.2. The van der Waals surface area contributed by atoms with Gasteiger partial charge in [-0.3, -0.25) is 9.69 Å². The molecule has 2 bridgehead atoms. The fourth-order valence-corrected chi connectivity index (χ4v) is 4.32. The van der Waals surface area contributed by atoms with Crippen LogP contribution in [0.1, 0.15) is 30.3 Å². The zero-order chi connectivity index (χ0) is 17.6. The van der Waals surface area contributed by atoms with E-state index in [0.717, 1.165) is 31.6 Å². The number of amides is 1. The van der Waals surface area contributed by atoms with Crippen molar-refractivity contribution >= 4 is 5.91 Å². The van der Waals surface area contributed by atoms with Gasteiger partial charge in [-0.05, 0) is 63.0 Å². The van der Waals surface area contributed by atoms with Crippen molar-refractivity contribution in [1.29, 1.82) is 0 Å². The minimum absolute atomic E-state index is 0.0734. The fraction of sp³-hybridized carbons (Fsp3) is 0.474. The van der Waals surface area contributed by atoms with Crippen LogP contribution < -0.4 is 5.32 Å². The molecule has 132 valence electrons. The van der Waals surface area contributed by atoms with Gasteiger partial charge in [-0.1, -0.05) is 6.07 Å². The lowest BCUT2D eigenvalue weighted by Gasteiger charge is -2.49. The number of halogens is 1. The summed E-state index contributed by atoms with van der Waals surface area (Å²) in [5.41, 5.74) is 1.83. The summed E-state index contributed by atoms with van der Waals surface area (Å²) in [5.74, 6) is -0.0323. The van der Waals surface area contributed by atoms with Gasteiger partial charge in [0.05, 0.1) is 11.4 Å². The number of piperidine rings is 3. The summed E-state index contributed by atoms with van der Waals surface area (Å²) in [5, 5.41) is 3.24. The Kier molecular flexibility index (Phi) is 4.07. The van der Waals surface area contributed by atoms with E-state index in [1.54, 1.807) is 22.8 Å². The van der Waals surface area contributed by atoms with Crippen molar-refractivity contribution in [2.24, 2.45) is 13.0 Å². The SMILES string of the molecule is C[C@H]1[C@H](NC(=O)c2ccc(-c3cccc(F)n3)n2C)C2CCN1CC2. The Morgan fingerprint density at radius 1 is 1.24 bits per heavy atom. The van der Waals surface area contributed by atoms with Crippen molar-refractivity contribution in [3.05, 3.63) is 42.0 Å². The van der Waals surface area contributed by atoms with Crippen molar-refractivity contribution in [3.8, 4) is 11.4 Å². The van der Waals surface area contributed by atoms with E-state index in [1.807, 2.05) is 13.1 Å². The summed E-state index contributed by atoms with van der Waals surface area (Å²) in [6.45, 7) is 4.47. The van der Waals surface area contributed by atoms with Crippen molar-refractivity contribution < 1.29 is 9.18 Å². The van der Waals surface area contributed by atoms with Crippen LogP contribution in [0.2, 0.25) is 0 Å². The highest BCUT2D eigenvalue weighted by atomic mass is 19.1. The quantitative estimate of drug-likeness (QED) is 0.872. The number of fused-ring (bicyclic) bond motifs is 3. The van der Waals surface area contributed by atoms with Gasteiger partial charge in [0.1, 0.15) is 5.69 Å². The van der Waals surface area contributed by atoms with Crippen LogP contribution in [0.4, 0.5) is 4.39 Å². The normalized spacial score (nSPS) is 28.1. The zero-order valence-electron chi connectivity index (χ0n) is 14.6. The molecule has 0 aliphatic carbocycles. The molecule has 0 aromatic carbocycles. The Morgan fingerprint density at radius 2 is 2.00 bits per heavy atom. The van der Waals surface area contributed by atoms with Crippen LogP contribution in [0.25, 0.3) is 11.4 Å². The van der Waals surface area contributed by atoms with E-state index in [2.05, 4.69) is 22.1 Å². The van der Waals surface area contributed by atoms with Gasteiger partial charge in [-0.2, -0.15) is 4.39 Å².